The second kappa shape index (κ2) is 6.48. The minimum absolute atomic E-state index is 0.236. The van der Waals surface area contributed by atoms with E-state index in [9.17, 15) is 5.11 Å². The first-order valence-corrected chi connectivity index (χ1v) is 9.23. The number of hydrogen-bond donors (Lipinski definition) is 2. The Kier molecular flexibility index (Phi) is 4.35. The van der Waals surface area contributed by atoms with E-state index in [4.69, 9.17) is 10.1 Å². The number of aromatic nitrogens is 2. The van der Waals surface area contributed by atoms with Crippen molar-refractivity contribution in [2.24, 2.45) is 23.7 Å². The summed E-state index contributed by atoms with van der Waals surface area (Å²) in [4.78, 5) is 13.5. The summed E-state index contributed by atoms with van der Waals surface area (Å²) >= 11 is 0. The molecule has 1 aromatic heterocycles. The zero-order valence-corrected chi connectivity index (χ0v) is 14.4. The summed E-state index contributed by atoms with van der Waals surface area (Å²) in [7, 11) is 1.88. The first-order chi connectivity index (χ1) is 11.7. The van der Waals surface area contributed by atoms with Gasteiger partial charge in [-0.15, -0.1) is 0 Å². The summed E-state index contributed by atoms with van der Waals surface area (Å²) in [5.41, 5.74) is 0. The van der Waals surface area contributed by atoms with E-state index in [1.54, 1.807) is 6.20 Å². The molecule has 0 amide bonds. The molecule has 4 aliphatic rings. The van der Waals surface area contributed by atoms with Gasteiger partial charge in [-0.2, -0.15) is 4.98 Å². The summed E-state index contributed by atoms with van der Waals surface area (Å²) < 4.78 is 0. The van der Waals surface area contributed by atoms with Gasteiger partial charge in [-0.3, -0.25) is 0 Å². The van der Waals surface area contributed by atoms with Gasteiger partial charge >= 0.3 is 0 Å². The van der Waals surface area contributed by atoms with Gasteiger partial charge in [0, 0.05) is 32.9 Å². The maximum absolute atomic E-state index is 9.63. The lowest BCUT2D eigenvalue weighted by atomic mass is 9.60. The van der Waals surface area contributed by atoms with E-state index < -0.39 is 6.10 Å². The van der Waals surface area contributed by atoms with Crippen molar-refractivity contribution in [3.05, 3.63) is 12.3 Å². The van der Waals surface area contributed by atoms with E-state index in [1.165, 1.54) is 25.7 Å². The van der Waals surface area contributed by atoms with Crippen molar-refractivity contribution in [2.45, 2.75) is 31.8 Å². The summed E-state index contributed by atoms with van der Waals surface area (Å²) in [6.07, 6.45) is 6.73. The zero-order chi connectivity index (χ0) is 16.7. The third-order valence-corrected chi connectivity index (χ3v) is 6.44. The summed E-state index contributed by atoms with van der Waals surface area (Å²) in [5, 5.41) is 18.6. The smallest absolute Gasteiger partial charge is 0.227 e. The number of nitrogens with zero attached hydrogens (tertiary/aromatic N) is 4. The van der Waals surface area contributed by atoms with Gasteiger partial charge in [0.05, 0.1) is 12.7 Å². The molecule has 1 aromatic rings. The van der Waals surface area contributed by atoms with Crippen LogP contribution in [0.25, 0.3) is 0 Å². The fourth-order valence-corrected chi connectivity index (χ4v) is 5.19. The summed E-state index contributed by atoms with van der Waals surface area (Å²) in [6, 6.07) is 1.86. The average molecular weight is 332 g/mol. The van der Waals surface area contributed by atoms with Gasteiger partial charge < -0.3 is 20.0 Å². The lowest BCUT2D eigenvalue weighted by molar-refractivity contribution is 0.0577. The van der Waals surface area contributed by atoms with E-state index >= 15 is 0 Å². The van der Waals surface area contributed by atoms with Crippen molar-refractivity contribution >= 4 is 11.8 Å². The van der Waals surface area contributed by atoms with Gasteiger partial charge in [0.2, 0.25) is 5.95 Å². The van der Waals surface area contributed by atoms with E-state index in [-0.39, 0.29) is 6.61 Å². The van der Waals surface area contributed by atoms with Crippen LogP contribution in [0, 0.1) is 23.7 Å². The minimum Gasteiger partial charge on any atom is -0.394 e. The standard InChI is InChI=1S/C18H28N4O2/c1-21(8-14(24)11-23)17-6-7-19-18(20-17)22-9-15-12-2-3-13(5-4-12)16(15)10-22/h6-7,12-16,23-24H,2-5,8-11H2,1H3/t12?,13?,14-,15-,16+/m1/s1. The van der Waals surface area contributed by atoms with Gasteiger partial charge in [0.1, 0.15) is 5.82 Å². The zero-order valence-electron chi connectivity index (χ0n) is 14.4. The third-order valence-electron chi connectivity index (χ3n) is 6.44. The van der Waals surface area contributed by atoms with E-state index in [1.807, 2.05) is 18.0 Å². The second-order valence-electron chi connectivity index (χ2n) is 7.84. The van der Waals surface area contributed by atoms with Gasteiger partial charge in [0.25, 0.3) is 0 Å². The molecule has 2 N–H and O–H groups in total. The van der Waals surface area contributed by atoms with Crippen molar-refractivity contribution < 1.29 is 10.2 Å². The number of rotatable bonds is 5. The SMILES string of the molecule is CN(C[C@@H](O)CO)c1ccnc(N2C[C@@H]3C4CCC(CC4)[C@@H]3C2)n1. The van der Waals surface area contributed by atoms with Crippen LogP contribution in [-0.4, -0.2) is 59.6 Å². The average Bonchev–Trinajstić information content (AvgIpc) is 3.10. The van der Waals surface area contributed by atoms with Crippen molar-refractivity contribution in [1.82, 2.24) is 9.97 Å². The molecule has 6 nitrogen and oxygen atoms in total. The Bertz CT molecular complexity index is 556. The maximum Gasteiger partial charge on any atom is 0.227 e. The lowest BCUT2D eigenvalue weighted by Gasteiger charge is -2.44. The first-order valence-electron chi connectivity index (χ1n) is 9.23. The van der Waals surface area contributed by atoms with Crippen molar-refractivity contribution in [2.75, 3.05) is 43.1 Å². The Labute approximate surface area is 143 Å². The fraction of sp³-hybridized carbons (Fsp3) is 0.778. The highest BCUT2D eigenvalue weighted by molar-refractivity contribution is 5.44. The Morgan fingerprint density at radius 2 is 1.83 bits per heavy atom. The molecule has 4 fully saturated rings. The van der Waals surface area contributed by atoms with E-state index in [0.29, 0.717) is 6.54 Å². The molecule has 1 saturated heterocycles. The maximum atomic E-state index is 9.63. The quantitative estimate of drug-likeness (QED) is 0.842. The van der Waals surface area contributed by atoms with Crippen molar-refractivity contribution in [3.63, 3.8) is 0 Å². The van der Waals surface area contributed by atoms with E-state index in [0.717, 1.165) is 48.5 Å². The predicted octanol–water partition coefficient (Wildman–Crippen LogP) is 1.14. The topological polar surface area (TPSA) is 72.7 Å². The van der Waals surface area contributed by atoms with Crippen LogP contribution in [0.4, 0.5) is 11.8 Å². The third kappa shape index (κ3) is 2.86. The number of anilines is 2. The molecule has 24 heavy (non-hydrogen) atoms. The number of fused-ring (bicyclic) bond motifs is 2. The molecule has 0 unspecified atom stereocenters. The van der Waals surface area contributed by atoms with Crippen LogP contribution in [0.3, 0.4) is 0 Å². The molecule has 132 valence electrons. The molecular formula is C18H28N4O2. The molecule has 3 aliphatic carbocycles. The highest BCUT2D eigenvalue weighted by Gasteiger charge is 2.48. The largest absolute Gasteiger partial charge is 0.394 e. The molecule has 3 atom stereocenters. The van der Waals surface area contributed by atoms with Crippen LogP contribution in [0.15, 0.2) is 12.3 Å². The lowest BCUT2D eigenvalue weighted by Crippen LogP contribution is -2.38. The molecule has 0 aromatic carbocycles. The number of aliphatic hydroxyl groups is 2. The van der Waals surface area contributed by atoms with Gasteiger partial charge in [0.15, 0.2) is 0 Å². The van der Waals surface area contributed by atoms with Crippen molar-refractivity contribution in [1.29, 1.82) is 0 Å². The number of aliphatic hydroxyl groups excluding tert-OH is 2. The molecule has 1 aliphatic heterocycles. The van der Waals surface area contributed by atoms with Gasteiger partial charge in [-0.05, 0) is 55.4 Å². The first kappa shape index (κ1) is 16.1. The van der Waals surface area contributed by atoms with Gasteiger partial charge in [-0.25, -0.2) is 4.98 Å². The normalized spacial score (nSPS) is 32.7. The van der Waals surface area contributed by atoms with Crippen LogP contribution in [0.2, 0.25) is 0 Å². The van der Waals surface area contributed by atoms with E-state index in [2.05, 4.69) is 9.88 Å². The molecular weight excluding hydrogens is 304 g/mol. The Hall–Kier alpha value is -1.40. The molecule has 2 heterocycles. The van der Waals surface area contributed by atoms with Crippen LogP contribution in [-0.2, 0) is 0 Å². The molecule has 5 rings (SSSR count). The van der Waals surface area contributed by atoms with Gasteiger partial charge in [-0.1, -0.05) is 0 Å². The molecule has 2 bridgehead atoms. The Morgan fingerprint density at radius 1 is 1.21 bits per heavy atom. The molecule has 6 heteroatoms. The molecule has 0 spiro atoms. The van der Waals surface area contributed by atoms with Crippen LogP contribution in [0.1, 0.15) is 25.7 Å². The predicted molar refractivity (Wildman–Crippen MR) is 93.0 cm³/mol. The van der Waals surface area contributed by atoms with Crippen LogP contribution in [0.5, 0.6) is 0 Å². The minimum atomic E-state index is -0.751. The monoisotopic (exact) mass is 332 g/mol. The Balaban J connectivity index is 1.48. The molecule has 0 radical (unpaired) electrons. The molecule has 3 saturated carbocycles. The summed E-state index contributed by atoms with van der Waals surface area (Å²) in [6.45, 7) is 2.32. The fourth-order valence-electron chi connectivity index (χ4n) is 5.19. The highest BCUT2D eigenvalue weighted by Crippen LogP contribution is 2.52. The second-order valence-corrected chi connectivity index (χ2v) is 7.84. The number of hydrogen-bond acceptors (Lipinski definition) is 6. The summed E-state index contributed by atoms with van der Waals surface area (Å²) in [5.74, 6) is 5.10. The highest BCUT2D eigenvalue weighted by atomic mass is 16.3. The Morgan fingerprint density at radius 3 is 2.42 bits per heavy atom. The van der Waals surface area contributed by atoms with Crippen molar-refractivity contribution in [3.8, 4) is 0 Å². The van der Waals surface area contributed by atoms with Crippen LogP contribution >= 0.6 is 0 Å². The number of likely N-dealkylation sites (N-methyl/N-ethyl adjacent to an activating group) is 1. The van der Waals surface area contributed by atoms with Crippen LogP contribution < -0.4 is 9.80 Å².